The van der Waals surface area contributed by atoms with Gasteiger partial charge in [0.25, 0.3) is 0 Å². The Labute approximate surface area is 141 Å². The Morgan fingerprint density at radius 1 is 0.522 bits per heavy atom. The van der Waals surface area contributed by atoms with Crippen molar-refractivity contribution in [1.29, 1.82) is 0 Å². The van der Waals surface area contributed by atoms with Crippen molar-refractivity contribution >= 4 is 33.1 Å². The normalized spacial score (nSPS) is 11.2. The first kappa shape index (κ1) is 14.3. The second kappa shape index (κ2) is 6.06. The van der Waals surface area contributed by atoms with E-state index in [1.165, 1.54) is 38.2 Å². The predicted octanol–water partition coefficient (Wildman–Crippen LogP) is 6.32. The Morgan fingerprint density at radius 2 is 0.957 bits per heavy atom. The second-order valence-corrected chi connectivity index (χ2v) is 6.11. The Morgan fingerprint density at radius 3 is 1.43 bits per heavy atom. The van der Waals surface area contributed by atoms with Crippen molar-refractivity contribution < 1.29 is 0 Å². The van der Waals surface area contributed by atoms with Gasteiger partial charge in [0.05, 0.1) is 0 Å². The van der Waals surface area contributed by atoms with Gasteiger partial charge in [0.1, 0.15) is 0 Å². The average Bonchev–Trinajstić information content (AvgIpc) is 2.62. The van der Waals surface area contributed by atoms with Crippen LogP contribution in [0.3, 0.4) is 0 Å². The summed E-state index contributed by atoms with van der Waals surface area (Å²) in [4.78, 5) is 0. The zero-order valence-electron chi connectivity index (χ0n) is 12.8. The van der Waals surface area contributed by atoms with Gasteiger partial charge in [-0.15, -0.1) is 11.6 Å². The Bertz CT molecular complexity index is 914. The largest absolute Gasteiger partial charge is 0.122 e. The monoisotopic (exact) mass is 316 g/mol. The summed E-state index contributed by atoms with van der Waals surface area (Å²) < 4.78 is 0. The lowest BCUT2D eigenvalue weighted by Crippen LogP contribution is -1.96. The molecule has 0 N–H and O–H groups in total. The molecule has 0 unspecified atom stereocenters. The molecule has 23 heavy (non-hydrogen) atoms. The van der Waals surface area contributed by atoms with Crippen LogP contribution in [0.5, 0.6) is 0 Å². The van der Waals surface area contributed by atoms with Crippen LogP contribution in [0.2, 0.25) is 0 Å². The smallest absolute Gasteiger partial charge is 0.0486 e. The van der Waals surface area contributed by atoms with Crippen molar-refractivity contribution in [2.45, 2.75) is 12.3 Å². The van der Waals surface area contributed by atoms with Gasteiger partial charge in [-0.25, -0.2) is 0 Å². The van der Waals surface area contributed by atoms with Crippen LogP contribution in [-0.2, 0) is 12.3 Å². The van der Waals surface area contributed by atoms with Crippen molar-refractivity contribution in [3.8, 4) is 0 Å². The van der Waals surface area contributed by atoms with Gasteiger partial charge in [-0.05, 0) is 44.7 Å². The van der Waals surface area contributed by atoms with Crippen LogP contribution in [0, 0.1) is 0 Å². The highest BCUT2D eigenvalue weighted by molar-refractivity contribution is 6.20. The predicted molar refractivity (Wildman–Crippen MR) is 100 cm³/mol. The van der Waals surface area contributed by atoms with Crippen LogP contribution in [0.15, 0.2) is 78.9 Å². The summed E-state index contributed by atoms with van der Waals surface area (Å²) in [5.41, 5.74) is 3.95. The summed E-state index contributed by atoms with van der Waals surface area (Å²) in [6, 6.07) is 27.9. The minimum absolute atomic E-state index is 0.534. The summed E-state index contributed by atoms with van der Waals surface area (Å²) >= 11 is 6.30. The molecule has 0 aliphatic heterocycles. The molecule has 0 radical (unpaired) electrons. The molecule has 112 valence electrons. The van der Waals surface area contributed by atoms with Crippen molar-refractivity contribution in [2.24, 2.45) is 0 Å². The average molecular weight is 317 g/mol. The van der Waals surface area contributed by atoms with Crippen LogP contribution in [0.25, 0.3) is 21.5 Å². The van der Waals surface area contributed by atoms with E-state index in [1.807, 2.05) is 0 Å². The van der Waals surface area contributed by atoms with Crippen LogP contribution < -0.4 is 0 Å². The number of alkyl halides is 1. The molecule has 4 rings (SSSR count). The Kier molecular flexibility index (Phi) is 3.77. The standard InChI is InChI=1S/C22H17Cl/c23-15-22-19-12-6-4-10-17(19)21(14-16-8-2-1-3-9-16)18-11-5-7-13-20(18)22/h1-13H,14-15H2. The molecule has 0 saturated heterocycles. The highest BCUT2D eigenvalue weighted by Crippen LogP contribution is 2.35. The molecule has 0 heterocycles. The van der Waals surface area contributed by atoms with Crippen molar-refractivity contribution in [1.82, 2.24) is 0 Å². The van der Waals surface area contributed by atoms with E-state index in [-0.39, 0.29) is 0 Å². The molecular formula is C22H17Cl. The molecular weight excluding hydrogens is 300 g/mol. The van der Waals surface area contributed by atoms with E-state index in [4.69, 9.17) is 11.6 Å². The van der Waals surface area contributed by atoms with E-state index in [9.17, 15) is 0 Å². The highest BCUT2D eigenvalue weighted by Gasteiger charge is 2.13. The van der Waals surface area contributed by atoms with Gasteiger partial charge in [0.2, 0.25) is 0 Å². The van der Waals surface area contributed by atoms with E-state index in [1.54, 1.807) is 0 Å². The molecule has 0 saturated carbocycles. The number of hydrogen-bond donors (Lipinski definition) is 0. The summed E-state index contributed by atoms with van der Waals surface area (Å²) in [7, 11) is 0. The first-order chi connectivity index (χ1) is 11.4. The fourth-order valence-corrected chi connectivity index (χ4v) is 3.73. The van der Waals surface area contributed by atoms with E-state index in [2.05, 4.69) is 78.9 Å². The second-order valence-electron chi connectivity index (χ2n) is 5.84. The summed E-state index contributed by atoms with van der Waals surface area (Å²) in [5, 5.41) is 5.16. The number of halogens is 1. The maximum absolute atomic E-state index is 6.30. The minimum atomic E-state index is 0.534. The van der Waals surface area contributed by atoms with E-state index in [0.717, 1.165) is 6.42 Å². The van der Waals surface area contributed by atoms with Gasteiger partial charge in [-0.3, -0.25) is 0 Å². The number of hydrogen-bond acceptors (Lipinski definition) is 0. The minimum Gasteiger partial charge on any atom is -0.122 e. The zero-order valence-corrected chi connectivity index (χ0v) is 13.6. The van der Waals surface area contributed by atoms with Crippen LogP contribution in [-0.4, -0.2) is 0 Å². The van der Waals surface area contributed by atoms with E-state index in [0.29, 0.717) is 5.88 Å². The molecule has 1 heteroatoms. The van der Waals surface area contributed by atoms with Gasteiger partial charge < -0.3 is 0 Å². The van der Waals surface area contributed by atoms with Crippen LogP contribution in [0.4, 0.5) is 0 Å². The lowest BCUT2D eigenvalue weighted by Gasteiger charge is -2.15. The third-order valence-electron chi connectivity index (χ3n) is 4.51. The third-order valence-corrected chi connectivity index (χ3v) is 4.78. The molecule has 0 spiro atoms. The molecule has 0 amide bonds. The molecule has 0 aliphatic carbocycles. The van der Waals surface area contributed by atoms with Gasteiger partial charge in [0, 0.05) is 5.88 Å². The van der Waals surface area contributed by atoms with Gasteiger partial charge >= 0.3 is 0 Å². The Hall–Kier alpha value is -2.31. The highest BCUT2D eigenvalue weighted by atomic mass is 35.5. The topological polar surface area (TPSA) is 0 Å². The maximum atomic E-state index is 6.30. The first-order valence-corrected chi connectivity index (χ1v) is 8.43. The van der Waals surface area contributed by atoms with E-state index >= 15 is 0 Å². The summed E-state index contributed by atoms with van der Waals surface area (Å²) in [6.07, 6.45) is 0.935. The number of benzene rings is 4. The Balaban J connectivity index is 2.08. The van der Waals surface area contributed by atoms with Crippen molar-refractivity contribution in [3.05, 3.63) is 95.6 Å². The lowest BCUT2D eigenvalue weighted by molar-refractivity contribution is 1.23. The van der Waals surface area contributed by atoms with Crippen LogP contribution in [0.1, 0.15) is 16.7 Å². The van der Waals surface area contributed by atoms with Gasteiger partial charge in [-0.2, -0.15) is 0 Å². The molecule has 0 fully saturated rings. The van der Waals surface area contributed by atoms with Gasteiger partial charge in [0.15, 0.2) is 0 Å². The molecule has 0 aromatic heterocycles. The van der Waals surface area contributed by atoms with Crippen LogP contribution >= 0.6 is 11.6 Å². The SMILES string of the molecule is ClCc1c2ccccc2c(Cc2ccccc2)c2ccccc12. The third kappa shape index (κ3) is 2.50. The lowest BCUT2D eigenvalue weighted by atomic mass is 9.89. The van der Waals surface area contributed by atoms with E-state index < -0.39 is 0 Å². The number of rotatable bonds is 3. The molecule has 0 aliphatic rings. The number of fused-ring (bicyclic) bond motifs is 2. The first-order valence-electron chi connectivity index (χ1n) is 7.89. The molecule has 0 bridgehead atoms. The fraction of sp³-hybridized carbons (Fsp3) is 0.0909. The quantitative estimate of drug-likeness (QED) is 0.306. The molecule has 4 aromatic carbocycles. The summed E-state index contributed by atoms with van der Waals surface area (Å²) in [6.45, 7) is 0. The summed E-state index contributed by atoms with van der Waals surface area (Å²) in [5.74, 6) is 0.534. The van der Waals surface area contributed by atoms with Gasteiger partial charge in [-0.1, -0.05) is 78.9 Å². The maximum Gasteiger partial charge on any atom is 0.0486 e. The fourth-order valence-electron chi connectivity index (χ4n) is 3.44. The van der Waals surface area contributed by atoms with Crippen molar-refractivity contribution in [3.63, 3.8) is 0 Å². The van der Waals surface area contributed by atoms with Crippen molar-refractivity contribution in [2.75, 3.05) is 0 Å². The molecule has 4 aromatic rings. The zero-order chi connectivity index (χ0) is 15.6. The molecule has 0 atom stereocenters. The molecule has 0 nitrogen and oxygen atoms in total.